The number of para-hydroxylation sites is 1. The molecule has 0 saturated carbocycles. The Balaban J connectivity index is 2.00. The summed E-state index contributed by atoms with van der Waals surface area (Å²) in [7, 11) is 0. The van der Waals surface area contributed by atoms with Crippen LogP contribution in [0.1, 0.15) is 13.8 Å². The van der Waals surface area contributed by atoms with Crippen LogP contribution >= 0.6 is 0 Å². The van der Waals surface area contributed by atoms with Gasteiger partial charge in [0.05, 0.1) is 0 Å². The number of hydrogen-bond donors (Lipinski definition) is 2. The molecule has 0 atom stereocenters. The Morgan fingerprint density at radius 3 is 2.44 bits per heavy atom. The van der Waals surface area contributed by atoms with E-state index in [1.807, 2.05) is 50.2 Å². The Morgan fingerprint density at radius 1 is 1.04 bits per heavy atom. The first-order chi connectivity index (χ1) is 13.0. The third kappa shape index (κ3) is 6.66. The van der Waals surface area contributed by atoms with Crippen molar-refractivity contribution in [3.05, 3.63) is 91.0 Å². The lowest BCUT2D eigenvalue weighted by molar-refractivity contribution is -0.111. The molecular formula is C22H23N3O2. The molecule has 2 aromatic carbocycles. The number of carbonyl (C=O) groups is 1. The number of amides is 1. The molecule has 0 saturated heterocycles. The van der Waals surface area contributed by atoms with Crippen molar-refractivity contribution in [3.63, 3.8) is 0 Å². The SMILES string of the molecule is C=CC(=O)Nc1cccc(O/C(C)=C(C)/C=N\C(=C)Nc2ccccc2)c1. The van der Waals surface area contributed by atoms with Crippen LogP contribution in [0.2, 0.25) is 0 Å². The number of allylic oxidation sites excluding steroid dienone is 2. The molecule has 2 N–H and O–H groups in total. The second kappa shape index (κ2) is 9.77. The zero-order valence-corrected chi connectivity index (χ0v) is 15.5. The molecule has 0 fully saturated rings. The van der Waals surface area contributed by atoms with Gasteiger partial charge in [0.2, 0.25) is 5.91 Å². The van der Waals surface area contributed by atoms with Crippen LogP contribution < -0.4 is 15.4 Å². The molecule has 0 radical (unpaired) electrons. The number of carbonyl (C=O) groups excluding carboxylic acids is 1. The standard InChI is InChI=1S/C22H23N3O2/c1-5-22(26)25-20-12-9-13-21(14-20)27-17(3)16(2)15-23-18(4)24-19-10-7-6-8-11-19/h5-15,24H,1,4H2,2-3H3,(H,25,26)/b17-16+,23-15-. The Kier molecular flexibility index (Phi) is 7.14. The van der Waals surface area contributed by atoms with Gasteiger partial charge >= 0.3 is 0 Å². The molecule has 0 aromatic heterocycles. The van der Waals surface area contributed by atoms with E-state index in [0.29, 0.717) is 23.0 Å². The Morgan fingerprint density at radius 2 is 1.74 bits per heavy atom. The van der Waals surface area contributed by atoms with Crippen LogP contribution in [0.25, 0.3) is 0 Å². The smallest absolute Gasteiger partial charge is 0.247 e. The van der Waals surface area contributed by atoms with Gasteiger partial charge in [-0.05, 0) is 44.2 Å². The van der Waals surface area contributed by atoms with Gasteiger partial charge in [0, 0.05) is 29.2 Å². The lowest BCUT2D eigenvalue weighted by Gasteiger charge is -2.10. The first-order valence-electron chi connectivity index (χ1n) is 8.42. The van der Waals surface area contributed by atoms with Crippen LogP contribution in [0.15, 0.2) is 96.0 Å². The van der Waals surface area contributed by atoms with Crippen LogP contribution in [-0.4, -0.2) is 12.1 Å². The molecule has 0 bridgehead atoms. The van der Waals surface area contributed by atoms with Crippen molar-refractivity contribution < 1.29 is 9.53 Å². The number of aliphatic imine (C=N–C) groups is 1. The number of ether oxygens (including phenoxy) is 1. The van der Waals surface area contributed by atoms with E-state index in [2.05, 4.69) is 28.8 Å². The zero-order valence-electron chi connectivity index (χ0n) is 15.5. The minimum atomic E-state index is -0.271. The molecule has 27 heavy (non-hydrogen) atoms. The van der Waals surface area contributed by atoms with Crippen LogP contribution in [0.4, 0.5) is 11.4 Å². The Bertz CT molecular complexity index is 883. The summed E-state index contributed by atoms with van der Waals surface area (Å²) >= 11 is 0. The topological polar surface area (TPSA) is 62.7 Å². The molecule has 0 heterocycles. The van der Waals surface area contributed by atoms with Crippen molar-refractivity contribution in [2.45, 2.75) is 13.8 Å². The fourth-order valence-corrected chi connectivity index (χ4v) is 2.07. The maximum absolute atomic E-state index is 11.4. The maximum atomic E-state index is 11.4. The number of hydrogen-bond acceptors (Lipinski definition) is 4. The normalized spacial score (nSPS) is 11.5. The zero-order chi connectivity index (χ0) is 19.6. The minimum absolute atomic E-state index is 0.271. The first-order valence-corrected chi connectivity index (χ1v) is 8.42. The predicted molar refractivity (Wildman–Crippen MR) is 112 cm³/mol. The molecular weight excluding hydrogens is 338 g/mol. The Hall–Kier alpha value is -3.60. The molecule has 0 spiro atoms. The summed E-state index contributed by atoms with van der Waals surface area (Å²) in [5.41, 5.74) is 2.41. The van der Waals surface area contributed by atoms with Crippen molar-refractivity contribution in [2.75, 3.05) is 10.6 Å². The van der Waals surface area contributed by atoms with Crippen molar-refractivity contribution in [2.24, 2.45) is 4.99 Å². The molecule has 1 amide bonds. The lowest BCUT2D eigenvalue weighted by atomic mass is 10.2. The number of benzene rings is 2. The van der Waals surface area contributed by atoms with Crippen LogP contribution in [-0.2, 0) is 4.79 Å². The van der Waals surface area contributed by atoms with Gasteiger partial charge in [-0.1, -0.05) is 37.4 Å². The average molecular weight is 361 g/mol. The largest absolute Gasteiger partial charge is 0.462 e. The first kappa shape index (κ1) is 19.7. The van der Waals surface area contributed by atoms with E-state index >= 15 is 0 Å². The summed E-state index contributed by atoms with van der Waals surface area (Å²) in [6, 6.07) is 16.8. The minimum Gasteiger partial charge on any atom is -0.462 e. The highest BCUT2D eigenvalue weighted by molar-refractivity contribution is 5.98. The van der Waals surface area contributed by atoms with Crippen LogP contribution in [0.3, 0.4) is 0 Å². The van der Waals surface area contributed by atoms with Crippen molar-refractivity contribution in [1.29, 1.82) is 0 Å². The molecule has 138 valence electrons. The molecule has 5 heteroatoms. The van der Waals surface area contributed by atoms with Gasteiger partial charge in [-0.25, -0.2) is 4.99 Å². The van der Waals surface area contributed by atoms with E-state index in [1.165, 1.54) is 6.08 Å². The Labute approximate surface area is 159 Å². The average Bonchev–Trinajstić information content (AvgIpc) is 2.67. The summed E-state index contributed by atoms with van der Waals surface area (Å²) < 4.78 is 5.84. The van der Waals surface area contributed by atoms with E-state index in [0.717, 1.165) is 11.3 Å². The number of rotatable bonds is 8. The van der Waals surface area contributed by atoms with E-state index in [1.54, 1.807) is 24.4 Å². The van der Waals surface area contributed by atoms with E-state index < -0.39 is 0 Å². The van der Waals surface area contributed by atoms with Crippen LogP contribution in [0.5, 0.6) is 5.75 Å². The van der Waals surface area contributed by atoms with Gasteiger partial charge in [-0.3, -0.25) is 4.79 Å². The van der Waals surface area contributed by atoms with E-state index in [-0.39, 0.29) is 5.91 Å². The number of nitrogens with one attached hydrogen (secondary N) is 2. The highest BCUT2D eigenvalue weighted by Crippen LogP contribution is 2.20. The fourth-order valence-electron chi connectivity index (χ4n) is 2.07. The third-order valence-electron chi connectivity index (χ3n) is 3.59. The van der Waals surface area contributed by atoms with Crippen molar-refractivity contribution in [3.8, 4) is 5.75 Å². The number of anilines is 2. The fraction of sp³-hybridized carbons (Fsp3) is 0.0909. The summed E-state index contributed by atoms with van der Waals surface area (Å²) in [5.74, 6) is 1.57. The highest BCUT2D eigenvalue weighted by Gasteiger charge is 2.02. The highest BCUT2D eigenvalue weighted by atomic mass is 16.5. The van der Waals surface area contributed by atoms with Gasteiger partial charge < -0.3 is 15.4 Å². The monoisotopic (exact) mass is 361 g/mol. The molecule has 5 nitrogen and oxygen atoms in total. The molecule has 0 aliphatic carbocycles. The van der Waals surface area contributed by atoms with Gasteiger partial charge in [-0.2, -0.15) is 0 Å². The number of nitrogens with zero attached hydrogens (tertiary/aromatic N) is 1. The molecule has 0 unspecified atom stereocenters. The maximum Gasteiger partial charge on any atom is 0.247 e. The lowest BCUT2D eigenvalue weighted by Crippen LogP contribution is -2.07. The van der Waals surface area contributed by atoms with Gasteiger partial charge in [0.25, 0.3) is 0 Å². The van der Waals surface area contributed by atoms with E-state index in [4.69, 9.17) is 4.74 Å². The van der Waals surface area contributed by atoms with Gasteiger partial charge in [-0.15, -0.1) is 0 Å². The molecule has 0 aliphatic heterocycles. The molecule has 2 rings (SSSR count). The summed E-state index contributed by atoms with van der Waals surface area (Å²) in [6.07, 6.45) is 2.91. The van der Waals surface area contributed by atoms with Gasteiger partial charge in [0.15, 0.2) is 0 Å². The summed E-state index contributed by atoms with van der Waals surface area (Å²) in [4.78, 5) is 15.7. The van der Waals surface area contributed by atoms with Crippen molar-refractivity contribution in [1.82, 2.24) is 0 Å². The summed E-state index contributed by atoms with van der Waals surface area (Å²) in [6.45, 7) is 11.1. The molecule has 2 aromatic rings. The second-order valence-electron chi connectivity index (χ2n) is 5.76. The molecule has 0 aliphatic rings. The van der Waals surface area contributed by atoms with Crippen LogP contribution in [0, 0.1) is 0 Å². The predicted octanol–water partition coefficient (Wildman–Crippen LogP) is 5.14. The van der Waals surface area contributed by atoms with Crippen molar-refractivity contribution >= 4 is 23.5 Å². The third-order valence-corrected chi connectivity index (χ3v) is 3.59. The second-order valence-corrected chi connectivity index (χ2v) is 5.76. The quantitative estimate of drug-likeness (QED) is 0.389. The van der Waals surface area contributed by atoms with E-state index in [9.17, 15) is 4.79 Å². The van der Waals surface area contributed by atoms with Gasteiger partial charge in [0.1, 0.15) is 17.3 Å². The summed E-state index contributed by atoms with van der Waals surface area (Å²) in [5, 5.41) is 5.81.